The number of carbonyl (C=O) groups is 2. The number of hydrogen-bond acceptors (Lipinski definition) is 4. The lowest BCUT2D eigenvalue weighted by Crippen LogP contribution is -2.12. The number of aromatic nitrogens is 1. The van der Waals surface area contributed by atoms with Crippen LogP contribution < -0.4 is 4.74 Å². The van der Waals surface area contributed by atoms with Crippen molar-refractivity contribution in [3.05, 3.63) is 58.9 Å². The van der Waals surface area contributed by atoms with Crippen LogP contribution in [0.1, 0.15) is 27.8 Å². The number of Topliss-reactive ketones (excluding diaryl/α,β-unsaturated/α-hetero) is 1. The van der Waals surface area contributed by atoms with Crippen LogP contribution in [0.3, 0.4) is 0 Å². The lowest BCUT2D eigenvalue weighted by atomic mass is 10.1. The van der Waals surface area contributed by atoms with E-state index in [0.29, 0.717) is 5.02 Å². The molecule has 0 saturated heterocycles. The SMILES string of the molecule is CC(=O)c1cc(Cl)ccc1OC(=O)c1ccccn1. The summed E-state index contributed by atoms with van der Waals surface area (Å²) in [4.78, 5) is 27.2. The molecule has 4 nitrogen and oxygen atoms in total. The Morgan fingerprint density at radius 2 is 2.00 bits per heavy atom. The Balaban J connectivity index is 2.29. The van der Waals surface area contributed by atoms with E-state index in [4.69, 9.17) is 16.3 Å². The Hall–Kier alpha value is -2.20. The predicted molar refractivity (Wildman–Crippen MR) is 70.7 cm³/mol. The van der Waals surface area contributed by atoms with Crippen LogP contribution in [0.15, 0.2) is 42.6 Å². The van der Waals surface area contributed by atoms with Crippen LogP contribution in [-0.4, -0.2) is 16.7 Å². The first-order valence-corrected chi connectivity index (χ1v) is 5.89. The van der Waals surface area contributed by atoms with Gasteiger partial charge in [0.15, 0.2) is 5.78 Å². The minimum Gasteiger partial charge on any atom is -0.421 e. The molecule has 0 amide bonds. The zero-order chi connectivity index (χ0) is 13.8. The number of pyridine rings is 1. The smallest absolute Gasteiger partial charge is 0.362 e. The van der Waals surface area contributed by atoms with E-state index in [1.54, 1.807) is 18.2 Å². The van der Waals surface area contributed by atoms with E-state index in [1.165, 1.54) is 31.3 Å². The molecule has 2 rings (SSSR count). The molecule has 1 aromatic heterocycles. The second kappa shape index (κ2) is 5.63. The van der Waals surface area contributed by atoms with Crippen LogP contribution in [-0.2, 0) is 0 Å². The van der Waals surface area contributed by atoms with Crippen molar-refractivity contribution >= 4 is 23.4 Å². The number of esters is 1. The Labute approximate surface area is 115 Å². The van der Waals surface area contributed by atoms with Gasteiger partial charge in [0, 0.05) is 11.2 Å². The van der Waals surface area contributed by atoms with Crippen molar-refractivity contribution in [3.8, 4) is 5.75 Å². The van der Waals surface area contributed by atoms with E-state index in [2.05, 4.69) is 4.98 Å². The third-order valence-corrected chi connectivity index (χ3v) is 2.63. The largest absolute Gasteiger partial charge is 0.421 e. The molecule has 0 fully saturated rings. The van der Waals surface area contributed by atoms with Gasteiger partial charge in [-0.3, -0.25) is 4.79 Å². The number of ketones is 1. The van der Waals surface area contributed by atoms with Crippen molar-refractivity contribution in [1.29, 1.82) is 0 Å². The van der Waals surface area contributed by atoms with Gasteiger partial charge < -0.3 is 4.74 Å². The first-order chi connectivity index (χ1) is 9.08. The van der Waals surface area contributed by atoms with Crippen molar-refractivity contribution in [1.82, 2.24) is 4.98 Å². The molecule has 0 radical (unpaired) electrons. The molecule has 5 heteroatoms. The lowest BCUT2D eigenvalue weighted by Gasteiger charge is -2.08. The van der Waals surface area contributed by atoms with Crippen molar-refractivity contribution in [3.63, 3.8) is 0 Å². The number of rotatable bonds is 3. The van der Waals surface area contributed by atoms with E-state index in [-0.39, 0.29) is 22.8 Å². The summed E-state index contributed by atoms with van der Waals surface area (Å²) in [5.74, 6) is -0.677. The van der Waals surface area contributed by atoms with Gasteiger partial charge in [0.2, 0.25) is 0 Å². The molecule has 0 bridgehead atoms. The molecule has 1 aromatic carbocycles. The van der Waals surface area contributed by atoms with Crippen molar-refractivity contribution in [2.75, 3.05) is 0 Å². The van der Waals surface area contributed by atoms with Gasteiger partial charge in [0.25, 0.3) is 0 Å². The van der Waals surface area contributed by atoms with Gasteiger partial charge in [-0.25, -0.2) is 9.78 Å². The number of ether oxygens (including phenoxy) is 1. The van der Waals surface area contributed by atoms with Gasteiger partial charge >= 0.3 is 5.97 Å². The molecule has 0 aliphatic carbocycles. The summed E-state index contributed by atoms with van der Waals surface area (Å²) in [7, 11) is 0. The molecule has 0 saturated carbocycles. The minimum atomic E-state index is -0.620. The molecule has 96 valence electrons. The molecular weight excluding hydrogens is 266 g/mol. The van der Waals surface area contributed by atoms with Crippen LogP contribution in [0.5, 0.6) is 5.75 Å². The summed E-state index contributed by atoms with van der Waals surface area (Å²) in [6, 6.07) is 9.41. The Bertz CT molecular complexity index is 626. The molecule has 0 spiro atoms. The normalized spacial score (nSPS) is 10.0. The summed E-state index contributed by atoms with van der Waals surface area (Å²) < 4.78 is 5.17. The number of hydrogen-bond donors (Lipinski definition) is 0. The van der Waals surface area contributed by atoms with Gasteiger partial charge in [0.05, 0.1) is 5.56 Å². The number of nitrogens with zero attached hydrogens (tertiary/aromatic N) is 1. The third kappa shape index (κ3) is 3.17. The molecule has 2 aromatic rings. The Morgan fingerprint density at radius 3 is 2.63 bits per heavy atom. The summed E-state index contributed by atoms with van der Waals surface area (Å²) >= 11 is 5.81. The molecule has 19 heavy (non-hydrogen) atoms. The van der Waals surface area contributed by atoms with Crippen LogP contribution in [0.25, 0.3) is 0 Å². The van der Waals surface area contributed by atoms with Gasteiger partial charge in [0.1, 0.15) is 11.4 Å². The number of halogens is 1. The maximum atomic E-state index is 11.8. The van der Waals surface area contributed by atoms with Gasteiger partial charge in [-0.1, -0.05) is 17.7 Å². The fourth-order valence-electron chi connectivity index (χ4n) is 1.50. The van der Waals surface area contributed by atoms with Crippen LogP contribution in [0.2, 0.25) is 5.02 Å². The summed E-state index contributed by atoms with van der Waals surface area (Å²) in [6.45, 7) is 1.38. The Kier molecular flexibility index (Phi) is 3.92. The van der Waals surface area contributed by atoms with E-state index < -0.39 is 5.97 Å². The molecule has 1 heterocycles. The van der Waals surface area contributed by atoms with E-state index in [0.717, 1.165) is 0 Å². The zero-order valence-electron chi connectivity index (χ0n) is 10.1. The predicted octanol–water partition coefficient (Wildman–Crippen LogP) is 3.16. The molecule has 0 atom stereocenters. The number of carbonyl (C=O) groups excluding carboxylic acids is 2. The highest BCUT2D eigenvalue weighted by atomic mass is 35.5. The maximum absolute atomic E-state index is 11.8. The van der Waals surface area contributed by atoms with E-state index >= 15 is 0 Å². The highest BCUT2D eigenvalue weighted by Gasteiger charge is 2.15. The lowest BCUT2D eigenvalue weighted by molar-refractivity contribution is 0.0726. The second-order valence-corrected chi connectivity index (χ2v) is 4.24. The topological polar surface area (TPSA) is 56.3 Å². The highest BCUT2D eigenvalue weighted by Crippen LogP contribution is 2.24. The molecule has 0 unspecified atom stereocenters. The zero-order valence-corrected chi connectivity index (χ0v) is 10.8. The quantitative estimate of drug-likeness (QED) is 0.490. The molecule has 0 N–H and O–H groups in total. The van der Waals surface area contributed by atoms with Crippen LogP contribution in [0, 0.1) is 0 Å². The molecule has 0 aliphatic heterocycles. The standard InChI is InChI=1S/C14H10ClNO3/c1-9(17)11-8-10(15)5-6-13(11)19-14(18)12-4-2-3-7-16-12/h2-8H,1H3. The van der Waals surface area contributed by atoms with Crippen molar-refractivity contribution < 1.29 is 14.3 Å². The Morgan fingerprint density at radius 1 is 1.21 bits per heavy atom. The van der Waals surface area contributed by atoms with Gasteiger partial charge in [-0.2, -0.15) is 0 Å². The van der Waals surface area contributed by atoms with Crippen molar-refractivity contribution in [2.24, 2.45) is 0 Å². The number of benzene rings is 1. The monoisotopic (exact) mass is 275 g/mol. The van der Waals surface area contributed by atoms with E-state index in [1.807, 2.05) is 0 Å². The van der Waals surface area contributed by atoms with Gasteiger partial charge in [-0.15, -0.1) is 0 Å². The second-order valence-electron chi connectivity index (χ2n) is 3.80. The van der Waals surface area contributed by atoms with Crippen LogP contribution in [0.4, 0.5) is 0 Å². The van der Waals surface area contributed by atoms with Gasteiger partial charge in [-0.05, 0) is 37.3 Å². The first-order valence-electron chi connectivity index (χ1n) is 5.51. The fourth-order valence-corrected chi connectivity index (χ4v) is 1.67. The van der Waals surface area contributed by atoms with E-state index in [9.17, 15) is 9.59 Å². The minimum absolute atomic E-state index is 0.173. The summed E-state index contributed by atoms with van der Waals surface area (Å²) in [5.41, 5.74) is 0.434. The summed E-state index contributed by atoms with van der Waals surface area (Å²) in [5, 5.41) is 0.405. The average Bonchev–Trinajstić information content (AvgIpc) is 2.41. The fraction of sp³-hybridized carbons (Fsp3) is 0.0714. The maximum Gasteiger partial charge on any atom is 0.362 e. The van der Waals surface area contributed by atoms with Crippen molar-refractivity contribution in [2.45, 2.75) is 6.92 Å². The highest BCUT2D eigenvalue weighted by molar-refractivity contribution is 6.31. The molecule has 0 aliphatic rings. The molecular formula is C14H10ClNO3. The summed E-state index contributed by atoms with van der Waals surface area (Å²) in [6.07, 6.45) is 1.49. The third-order valence-electron chi connectivity index (χ3n) is 2.40. The first kappa shape index (κ1) is 13.2. The van der Waals surface area contributed by atoms with Crippen LogP contribution >= 0.6 is 11.6 Å². The average molecular weight is 276 g/mol.